The van der Waals surface area contributed by atoms with Gasteiger partial charge in [-0.05, 0) is 17.7 Å². The molecule has 0 aromatic heterocycles. The Morgan fingerprint density at radius 3 is 2.14 bits per heavy atom. The van der Waals surface area contributed by atoms with Gasteiger partial charge in [0.05, 0.1) is 0 Å². The molecule has 0 heterocycles. The highest BCUT2D eigenvalue weighted by Gasteiger charge is 2.29. The van der Waals surface area contributed by atoms with Crippen LogP contribution >= 0.6 is 7.60 Å². The number of benzene rings is 1. The third-order valence-electron chi connectivity index (χ3n) is 1.64. The van der Waals surface area contributed by atoms with Gasteiger partial charge in [0.25, 0.3) is 0 Å². The monoisotopic (exact) mass is 221 g/mol. The van der Waals surface area contributed by atoms with Crippen molar-refractivity contribution in [2.45, 2.75) is 5.78 Å². The van der Waals surface area contributed by atoms with Crippen molar-refractivity contribution >= 4 is 7.60 Å². The lowest BCUT2D eigenvalue weighted by Gasteiger charge is -2.16. The van der Waals surface area contributed by atoms with E-state index in [0.29, 0.717) is 0 Å². The summed E-state index contributed by atoms with van der Waals surface area (Å²) >= 11 is 0. The minimum atomic E-state index is -4.50. The van der Waals surface area contributed by atoms with Crippen LogP contribution in [0.1, 0.15) is 11.3 Å². The van der Waals surface area contributed by atoms with Crippen molar-refractivity contribution in [3.8, 4) is 0 Å². The fourth-order valence-electron chi connectivity index (χ4n) is 0.989. The van der Waals surface area contributed by atoms with Crippen LogP contribution in [-0.4, -0.2) is 15.0 Å². The smallest absolute Gasteiger partial charge is 0.323 e. The third kappa shape index (κ3) is 2.60. The summed E-state index contributed by atoms with van der Waals surface area (Å²) in [5, 5.41) is 8.55. The summed E-state index contributed by atoms with van der Waals surface area (Å²) in [7, 11) is -4.50. The van der Waals surface area contributed by atoms with Gasteiger partial charge in [0.1, 0.15) is 5.82 Å². The summed E-state index contributed by atoms with van der Waals surface area (Å²) in [5.41, 5.74) is 1.61. The van der Waals surface area contributed by atoms with Crippen molar-refractivity contribution in [3.63, 3.8) is 0 Å². The molecule has 78 valence electrons. The number of hydroxylamine groups is 1. The van der Waals surface area contributed by atoms with Gasteiger partial charge in [-0.2, -0.15) is 5.48 Å². The van der Waals surface area contributed by atoms with Crippen LogP contribution in [0.2, 0.25) is 0 Å². The van der Waals surface area contributed by atoms with Crippen LogP contribution < -0.4 is 5.48 Å². The summed E-state index contributed by atoms with van der Waals surface area (Å²) < 4.78 is 23.3. The molecule has 4 N–H and O–H groups in total. The summed E-state index contributed by atoms with van der Waals surface area (Å²) in [4.78, 5) is 17.6. The number of halogens is 1. The third-order valence-corrected chi connectivity index (χ3v) is 2.73. The fraction of sp³-hybridized carbons (Fsp3) is 0.143. The molecule has 0 saturated carbocycles. The molecule has 0 fully saturated rings. The second-order valence-electron chi connectivity index (χ2n) is 2.67. The molecule has 1 unspecified atom stereocenters. The Morgan fingerprint density at radius 2 is 1.79 bits per heavy atom. The molecule has 1 aromatic carbocycles. The Bertz CT molecular complexity index is 349. The number of hydrogen-bond donors (Lipinski definition) is 4. The Kier molecular flexibility index (Phi) is 3.36. The predicted molar refractivity (Wildman–Crippen MR) is 46.1 cm³/mol. The van der Waals surface area contributed by atoms with Crippen LogP contribution in [0.5, 0.6) is 0 Å². The average Bonchev–Trinajstić information content (AvgIpc) is 2.07. The van der Waals surface area contributed by atoms with E-state index in [1.54, 1.807) is 0 Å². The normalized spacial score (nSPS) is 14.0. The predicted octanol–water partition coefficient (Wildman–Crippen LogP) is 0.981. The molecule has 7 heteroatoms. The summed E-state index contributed by atoms with van der Waals surface area (Å²) in [6.45, 7) is 0. The first-order chi connectivity index (χ1) is 6.45. The first-order valence-corrected chi connectivity index (χ1v) is 5.33. The first kappa shape index (κ1) is 11.3. The van der Waals surface area contributed by atoms with Crippen LogP contribution in [0.15, 0.2) is 24.3 Å². The van der Waals surface area contributed by atoms with E-state index in [9.17, 15) is 8.96 Å². The topological polar surface area (TPSA) is 89.8 Å². The van der Waals surface area contributed by atoms with E-state index in [0.717, 1.165) is 12.1 Å². The number of rotatable bonds is 3. The lowest BCUT2D eigenvalue weighted by Crippen LogP contribution is -2.17. The standard InChI is InChI=1S/C7H9FNO4P/c8-6-3-1-5(2-4-6)7(9-10)14(11,12)13/h1-4,7,9-10H,(H2,11,12,13). The zero-order valence-corrected chi connectivity index (χ0v) is 7.86. The molecule has 0 spiro atoms. The van der Waals surface area contributed by atoms with E-state index in [2.05, 4.69) is 0 Å². The lowest BCUT2D eigenvalue weighted by molar-refractivity contribution is 0.141. The number of hydrogen-bond acceptors (Lipinski definition) is 3. The molecule has 0 radical (unpaired) electrons. The van der Waals surface area contributed by atoms with E-state index in [-0.39, 0.29) is 5.56 Å². The van der Waals surface area contributed by atoms with Crippen molar-refractivity contribution in [1.29, 1.82) is 0 Å². The largest absolute Gasteiger partial charge is 0.349 e. The molecular formula is C7H9FNO4P. The number of nitrogens with one attached hydrogen (secondary N) is 1. The van der Waals surface area contributed by atoms with Crippen LogP contribution in [0.4, 0.5) is 4.39 Å². The van der Waals surface area contributed by atoms with E-state index < -0.39 is 19.2 Å². The van der Waals surface area contributed by atoms with Gasteiger partial charge in [-0.15, -0.1) is 0 Å². The van der Waals surface area contributed by atoms with Gasteiger partial charge in [0, 0.05) is 0 Å². The molecule has 0 amide bonds. The maximum absolute atomic E-state index is 12.5. The van der Waals surface area contributed by atoms with Crippen molar-refractivity contribution in [2.75, 3.05) is 0 Å². The highest BCUT2D eigenvalue weighted by molar-refractivity contribution is 7.52. The van der Waals surface area contributed by atoms with Gasteiger partial charge >= 0.3 is 7.60 Å². The van der Waals surface area contributed by atoms with Crippen LogP contribution in [0.25, 0.3) is 0 Å². The molecule has 1 aromatic rings. The summed E-state index contributed by atoms with van der Waals surface area (Å²) in [5.74, 6) is -2.04. The summed E-state index contributed by atoms with van der Waals surface area (Å²) in [6.07, 6.45) is 0. The van der Waals surface area contributed by atoms with Crippen molar-refractivity contribution in [3.05, 3.63) is 35.6 Å². The lowest BCUT2D eigenvalue weighted by atomic mass is 10.2. The molecule has 14 heavy (non-hydrogen) atoms. The molecule has 0 aliphatic carbocycles. The SMILES string of the molecule is O=P(O)(O)C(NO)c1ccc(F)cc1. The van der Waals surface area contributed by atoms with Crippen LogP contribution in [-0.2, 0) is 4.57 Å². The van der Waals surface area contributed by atoms with Gasteiger partial charge in [-0.25, -0.2) is 4.39 Å². The zero-order chi connectivity index (χ0) is 10.8. The van der Waals surface area contributed by atoms with Gasteiger partial charge in [0.2, 0.25) is 0 Å². The minimum absolute atomic E-state index is 0.113. The maximum Gasteiger partial charge on any atom is 0.349 e. The van der Waals surface area contributed by atoms with E-state index in [4.69, 9.17) is 15.0 Å². The Morgan fingerprint density at radius 1 is 1.29 bits per heavy atom. The Balaban J connectivity index is 3.02. The molecule has 0 bridgehead atoms. The van der Waals surface area contributed by atoms with E-state index >= 15 is 0 Å². The van der Waals surface area contributed by atoms with Gasteiger partial charge in [-0.1, -0.05) is 12.1 Å². The molecule has 0 aliphatic rings. The quantitative estimate of drug-likeness (QED) is 0.451. The van der Waals surface area contributed by atoms with Gasteiger partial charge < -0.3 is 15.0 Å². The minimum Gasteiger partial charge on any atom is -0.323 e. The van der Waals surface area contributed by atoms with Crippen molar-refractivity contribution < 1.29 is 23.9 Å². The molecule has 1 atom stereocenters. The highest BCUT2D eigenvalue weighted by Crippen LogP contribution is 2.49. The first-order valence-electron chi connectivity index (χ1n) is 3.65. The van der Waals surface area contributed by atoms with E-state index in [1.807, 2.05) is 0 Å². The molecular weight excluding hydrogens is 212 g/mol. The second-order valence-corrected chi connectivity index (χ2v) is 4.37. The molecule has 0 saturated heterocycles. The highest BCUT2D eigenvalue weighted by atomic mass is 31.2. The molecule has 1 rings (SSSR count). The Labute approximate surface area is 79.3 Å². The van der Waals surface area contributed by atoms with Crippen LogP contribution in [0.3, 0.4) is 0 Å². The van der Waals surface area contributed by atoms with Crippen molar-refractivity contribution in [1.82, 2.24) is 5.48 Å². The maximum atomic E-state index is 12.5. The van der Waals surface area contributed by atoms with Gasteiger partial charge in [-0.3, -0.25) is 4.57 Å². The van der Waals surface area contributed by atoms with Crippen molar-refractivity contribution in [2.24, 2.45) is 0 Å². The fourth-order valence-corrected chi connectivity index (χ4v) is 1.70. The zero-order valence-electron chi connectivity index (χ0n) is 6.96. The summed E-state index contributed by atoms with van der Waals surface area (Å²) in [6, 6.07) is 4.47. The second kappa shape index (κ2) is 4.16. The van der Waals surface area contributed by atoms with Crippen LogP contribution in [0, 0.1) is 5.82 Å². The Hall–Kier alpha value is -0.780. The van der Waals surface area contributed by atoms with Gasteiger partial charge in [0.15, 0.2) is 5.78 Å². The molecule has 5 nitrogen and oxygen atoms in total. The van der Waals surface area contributed by atoms with E-state index in [1.165, 1.54) is 17.6 Å². The molecule has 0 aliphatic heterocycles. The average molecular weight is 221 g/mol.